The van der Waals surface area contributed by atoms with Crippen molar-refractivity contribution in [3.8, 4) is 5.75 Å². The lowest BCUT2D eigenvalue weighted by molar-refractivity contribution is -0.384. The summed E-state index contributed by atoms with van der Waals surface area (Å²) >= 11 is 0. The van der Waals surface area contributed by atoms with Crippen molar-refractivity contribution >= 4 is 21.4 Å². The molecule has 0 atom stereocenters. The van der Waals surface area contributed by atoms with Crippen LogP contribution < -0.4 is 9.04 Å². The summed E-state index contributed by atoms with van der Waals surface area (Å²) in [4.78, 5) is 10.5. The molecule has 0 N–H and O–H groups in total. The molecule has 0 bridgehead atoms. The average molecular weight is 364 g/mol. The van der Waals surface area contributed by atoms with Gasteiger partial charge in [-0.2, -0.15) is 0 Å². The maximum absolute atomic E-state index is 12.1. The topological polar surface area (TPSA) is 89.8 Å². The number of ether oxygens (including phenoxy) is 1. The van der Waals surface area contributed by atoms with Gasteiger partial charge in [-0.05, 0) is 18.1 Å². The number of nitro groups is 1. The van der Waals surface area contributed by atoms with Crippen molar-refractivity contribution in [3.05, 3.63) is 64.2 Å². The molecule has 25 heavy (non-hydrogen) atoms. The van der Waals surface area contributed by atoms with Crippen LogP contribution in [0, 0.1) is 10.1 Å². The Labute approximate surface area is 147 Å². The Morgan fingerprint density at radius 1 is 1.16 bits per heavy atom. The van der Waals surface area contributed by atoms with Gasteiger partial charge in [0.25, 0.3) is 5.69 Å². The molecule has 0 aliphatic carbocycles. The molecule has 0 aromatic heterocycles. The van der Waals surface area contributed by atoms with Gasteiger partial charge >= 0.3 is 0 Å². The summed E-state index contributed by atoms with van der Waals surface area (Å²) in [6, 6.07) is 13.2. The van der Waals surface area contributed by atoms with Gasteiger partial charge in [-0.15, -0.1) is 0 Å². The number of hydrogen-bond acceptors (Lipinski definition) is 5. The predicted molar refractivity (Wildman–Crippen MR) is 96.4 cm³/mol. The van der Waals surface area contributed by atoms with E-state index < -0.39 is 14.9 Å². The van der Waals surface area contributed by atoms with Gasteiger partial charge in [0.1, 0.15) is 6.61 Å². The van der Waals surface area contributed by atoms with Crippen LogP contribution >= 0.6 is 0 Å². The van der Waals surface area contributed by atoms with Crippen LogP contribution in [0.5, 0.6) is 5.75 Å². The minimum atomic E-state index is -3.54. The molecule has 7 nitrogen and oxygen atoms in total. The third kappa shape index (κ3) is 4.93. The van der Waals surface area contributed by atoms with E-state index in [0.717, 1.165) is 11.8 Å². The van der Waals surface area contributed by atoms with Gasteiger partial charge in [0.05, 0.1) is 22.9 Å². The SMILES string of the molecule is CCCN(c1ccc([N+](=O)[O-])cc1OCc1ccccc1)S(C)(=O)=O. The fourth-order valence-corrected chi connectivity index (χ4v) is 3.36. The first-order valence-electron chi connectivity index (χ1n) is 7.75. The maximum Gasteiger partial charge on any atom is 0.273 e. The van der Waals surface area contributed by atoms with Crippen LogP contribution in [0.4, 0.5) is 11.4 Å². The smallest absolute Gasteiger partial charge is 0.273 e. The summed E-state index contributed by atoms with van der Waals surface area (Å²) in [5.41, 5.74) is 1.02. The normalized spacial score (nSPS) is 11.1. The van der Waals surface area contributed by atoms with Crippen molar-refractivity contribution in [2.24, 2.45) is 0 Å². The standard InChI is InChI=1S/C17H20N2O5S/c1-3-11-18(25(2,22)23)16-10-9-15(19(20)21)12-17(16)24-13-14-7-5-4-6-8-14/h4-10,12H,3,11,13H2,1-2H3. The first-order valence-corrected chi connectivity index (χ1v) is 9.60. The molecular formula is C17H20N2O5S. The molecule has 0 aliphatic rings. The van der Waals surface area contributed by atoms with Crippen LogP contribution in [0.1, 0.15) is 18.9 Å². The van der Waals surface area contributed by atoms with E-state index in [1.807, 2.05) is 37.3 Å². The molecule has 0 saturated heterocycles. The second-order valence-corrected chi connectivity index (χ2v) is 7.43. The summed E-state index contributed by atoms with van der Waals surface area (Å²) in [7, 11) is -3.54. The highest BCUT2D eigenvalue weighted by molar-refractivity contribution is 7.92. The minimum Gasteiger partial charge on any atom is -0.486 e. The van der Waals surface area contributed by atoms with E-state index in [1.54, 1.807) is 0 Å². The lowest BCUT2D eigenvalue weighted by Crippen LogP contribution is -2.31. The summed E-state index contributed by atoms with van der Waals surface area (Å²) in [5, 5.41) is 11.0. The van der Waals surface area contributed by atoms with E-state index in [9.17, 15) is 18.5 Å². The van der Waals surface area contributed by atoms with Crippen molar-refractivity contribution in [1.82, 2.24) is 0 Å². The Kier molecular flexibility index (Phi) is 5.97. The number of nitrogens with zero attached hydrogens (tertiary/aromatic N) is 2. The van der Waals surface area contributed by atoms with E-state index in [4.69, 9.17) is 4.74 Å². The lowest BCUT2D eigenvalue weighted by Gasteiger charge is -2.24. The van der Waals surface area contributed by atoms with Crippen LogP contribution in [0.25, 0.3) is 0 Å². The summed E-state index contributed by atoms with van der Waals surface area (Å²) in [5.74, 6) is 0.164. The van der Waals surface area contributed by atoms with E-state index in [1.165, 1.54) is 22.5 Å². The van der Waals surface area contributed by atoms with Gasteiger partial charge < -0.3 is 4.74 Å². The number of non-ortho nitro benzene ring substituents is 1. The Hall–Kier alpha value is -2.61. The summed E-state index contributed by atoms with van der Waals surface area (Å²) in [6.45, 7) is 2.30. The molecule has 2 rings (SSSR count). The van der Waals surface area contributed by atoms with Crippen LogP contribution in [-0.4, -0.2) is 26.1 Å². The zero-order valence-electron chi connectivity index (χ0n) is 14.1. The first kappa shape index (κ1) is 18.7. The molecule has 0 aliphatic heterocycles. The van der Waals surface area contributed by atoms with Gasteiger partial charge in [-0.25, -0.2) is 8.42 Å². The fourth-order valence-electron chi connectivity index (χ4n) is 2.34. The molecule has 8 heteroatoms. The Morgan fingerprint density at radius 3 is 2.40 bits per heavy atom. The van der Waals surface area contributed by atoms with E-state index >= 15 is 0 Å². The number of nitro benzene ring substituents is 1. The lowest BCUT2D eigenvalue weighted by atomic mass is 10.2. The largest absolute Gasteiger partial charge is 0.486 e. The molecule has 0 spiro atoms. The number of hydrogen-bond donors (Lipinski definition) is 0. The Morgan fingerprint density at radius 2 is 1.84 bits per heavy atom. The molecule has 2 aromatic carbocycles. The van der Waals surface area contributed by atoms with Crippen molar-refractivity contribution in [1.29, 1.82) is 0 Å². The second kappa shape index (κ2) is 7.98. The second-order valence-electron chi connectivity index (χ2n) is 5.52. The number of rotatable bonds is 8. The molecule has 0 saturated carbocycles. The zero-order valence-corrected chi connectivity index (χ0v) is 14.9. The molecule has 134 valence electrons. The monoisotopic (exact) mass is 364 g/mol. The Balaban J connectivity index is 2.42. The van der Waals surface area contributed by atoms with Gasteiger partial charge in [0.15, 0.2) is 5.75 Å². The van der Waals surface area contributed by atoms with Crippen molar-refractivity contribution in [3.63, 3.8) is 0 Å². The van der Waals surface area contributed by atoms with Gasteiger partial charge in [0, 0.05) is 12.6 Å². The van der Waals surface area contributed by atoms with Crippen LogP contribution in [0.2, 0.25) is 0 Å². The quantitative estimate of drug-likeness (QED) is 0.529. The minimum absolute atomic E-state index is 0.156. The molecule has 2 aromatic rings. The molecule has 0 heterocycles. The van der Waals surface area contributed by atoms with Crippen LogP contribution in [0.3, 0.4) is 0 Å². The zero-order chi connectivity index (χ0) is 18.4. The fraction of sp³-hybridized carbons (Fsp3) is 0.294. The van der Waals surface area contributed by atoms with Crippen LogP contribution in [0.15, 0.2) is 48.5 Å². The van der Waals surface area contributed by atoms with Gasteiger partial charge in [0.2, 0.25) is 10.0 Å². The van der Waals surface area contributed by atoms with E-state index in [0.29, 0.717) is 12.1 Å². The third-order valence-corrected chi connectivity index (χ3v) is 4.67. The van der Waals surface area contributed by atoms with Gasteiger partial charge in [-0.1, -0.05) is 37.3 Å². The molecule has 0 unspecified atom stereocenters. The Bertz CT molecular complexity index is 837. The van der Waals surface area contributed by atoms with E-state index in [2.05, 4.69) is 0 Å². The third-order valence-electron chi connectivity index (χ3n) is 3.49. The van der Waals surface area contributed by atoms with Crippen LogP contribution in [-0.2, 0) is 16.6 Å². The predicted octanol–water partition coefficient (Wildman–Crippen LogP) is 3.35. The van der Waals surface area contributed by atoms with Crippen molar-refractivity contribution in [2.45, 2.75) is 20.0 Å². The molecule has 0 amide bonds. The number of anilines is 1. The highest BCUT2D eigenvalue weighted by Crippen LogP contribution is 2.34. The highest BCUT2D eigenvalue weighted by Gasteiger charge is 2.22. The number of sulfonamides is 1. The van der Waals surface area contributed by atoms with Crippen molar-refractivity contribution in [2.75, 3.05) is 17.1 Å². The maximum atomic E-state index is 12.1. The van der Waals surface area contributed by atoms with E-state index in [-0.39, 0.29) is 24.6 Å². The van der Waals surface area contributed by atoms with Crippen molar-refractivity contribution < 1.29 is 18.1 Å². The average Bonchev–Trinajstić information content (AvgIpc) is 2.57. The summed E-state index contributed by atoms with van der Waals surface area (Å²) in [6.07, 6.45) is 1.70. The van der Waals surface area contributed by atoms with Gasteiger partial charge in [-0.3, -0.25) is 14.4 Å². The summed E-state index contributed by atoms with van der Waals surface area (Å²) < 4.78 is 31.1. The molecule has 0 fully saturated rings. The number of benzene rings is 2. The molecular weight excluding hydrogens is 344 g/mol. The highest BCUT2D eigenvalue weighted by atomic mass is 32.2. The molecule has 0 radical (unpaired) electrons. The first-order chi connectivity index (χ1) is 11.8.